The third kappa shape index (κ3) is 5.91. The molecule has 2 rings (SSSR count). The lowest BCUT2D eigenvalue weighted by atomic mass is 10.2. The summed E-state index contributed by atoms with van der Waals surface area (Å²) in [6, 6.07) is 8.43. The highest BCUT2D eigenvalue weighted by Gasteiger charge is 2.35. The quantitative estimate of drug-likeness (QED) is 0.549. The molecule has 0 radical (unpaired) electrons. The standard InChI is InChI=1S/C19H24N2O6S/c1-13(18(23)21(3)16-9-10-28(25,26)12-16)27-19(24)17(20-14(2)22)11-15-7-5-4-6-8-15/h4-8,11,13,16H,9-10,12H2,1-3H3,(H,20,22)/b17-11-/t13-,16-/m1/s1. The maximum absolute atomic E-state index is 12.5. The van der Waals surface area contributed by atoms with Crippen molar-refractivity contribution in [2.24, 2.45) is 0 Å². The summed E-state index contributed by atoms with van der Waals surface area (Å²) in [6.45, 7) is 2.67. The number of nitrogens with one attached hydrogen (secondary N) is 1. The van der Waals surface area contributed by atoms with Gasteiger partial charge >= 0.3 is 5.97 Å². The Hall–Kier alpha value is -2.68. The van der Waals surface area contributed by atoms with E-state index in [0.717, 1.165) is 0 Å². The monoisotopic (exact) mass is 408 g/mol. The number of esters is 1. The van der Waals surface area contributed by atoms with E-state index in [4.69, 9.17) is 4.74 Å². The fraction of sp³-hybridized carbons (Fsp3) is 0.421. The zero-order chi connectivity index (χ0) is 20.9. The van der Waals surface area contributed by atoms with E-state index in [1.807, 2.05) is 6.07 Å². The van der Waals surface area contributed by atoms with Gasteiger partial charge in [0.15, 0.2) is 15.9 Å². The average Bonchev–Trinajstić information content (AvgIpc) is 3.00. The van der Waals surface area contributed by atoms with Crippen molar-refractivity contribution in [2.45, 2.75) is 32.4 Å². The number of hydrogen-bond acceptors (Lipinski definition) is 6. The maximum Gasteiger partial charge on any atom is 0.355 e. The van der Waals surface area contributed by atoms with E-state index in [1.165, 1.54) is 31.9 Å². The van der Waals surface area contributed by atoms with Crippen LogP contribution in [0.4, 0.5) is 0 Å². The summed E-state index contributed by atoms with van der Waals surface area (Å²) in [4.78, 5) is 37.7. The molecule has 0 aliphatic carbocycles. The van der Waals surface area contributed by atoms with Gasteiger partial charge in [0.2, 0.25) is 5.91 Å². The Labute approximate surface area is 164 Å². The highest BCUT2D eigenvalue weighted by molar-refractivity contribution is 7.91. The van der Waals surface area contributed by atoms with Gasteiger partial charge in [0.1, 0.15) is 5.70 Å². The van der Waals surface area contributed by atoms with Crippen LogP contribution in [0.3, 0.4) is 0 Å². The van der Waals surface area contributed by atoms with Crippen LogP contribution in [0.15, 0.2) is 36.0 Å². The van der Waals surface area contributed by atoms with Gasteiger partial charge in [-0.3, -0.25) is 9.59 Å². The predicted molar refractivity (Wildman–Crippen MR) is 104 cm³/mol. The van der Waals surface area contributed by atoms with E-state index in [0.29, 0.717) is 12.0 Å². The molecular formula is C19H24N2O6S. The summed E-state index contributed by atoms with van der Waals surface area (Å²) in [7, 11) is -1.65. The van der Waals surface area contributed by atoms with E-state index in [2.05, 4.69) is 5.32 Å². The van der Waals surface area contributed by atoms with Gasteiger partial charge in [-0.05, 0) is 25.0 Å². The molecule has 0 bridgehead atoms. The molecule has 1 N–H and O–H groups in total. The lowest BCUT2D eigenvalue weighted by Crippen LogP contribution is -2.44. The number of carbonyl (C=O) groups is 3. The molecule has 0 unspecified atom stereocenters. The molecule has 152 valence electrons. The zero-order valence-corrected chi connectivity index (χ0v) is 16.9. The average molecular weight is 408 g/mol. The number of rotatable bonds is 6. The second kappa shape index (κ2) is 9.01. The fourth-order valence-electron chi connectivity index (χ4n) is 2.87. The third-order valence-corrected chi connectivity index (χ3v) is 6.13. The molecule has 1 aliphatic heterocycles. The first-order chi connectivity index (χ1) is 13.1. The van der Waals surface area contributed by atoms with Gasteiger partial charge < -0.3 is 15.0 Å². The Morgan fingerprint density at radius 1 is 1.25 bits per heavy atom. The van der Waals surface area contributed by atoms with Gasteiger partial charge in [-0.1, -0.05) is 30.3 Å². The van der Waals surface area contributed by atoms with Crippen LogP contribution < -0.4 is 5.32 Å². The molecule has 9 heteroatoms. The molecule has 2 amide bonds. The normalized spacial score (nSPS) is 19.5. The number of sulfone groups is 1. The number of amides is 2. The highest BCUT2D eigenvalue weighted by Crippen LogP contribution is 2.18. The first kappa shape index (κ1) is 21.6. The van der Waals surface area contributed by atoms with Crippen molar-refractivity contribution in [2.75, 3.05) is 18.6 Å². The molecule has 0 saturated carbocycles. The second-order valence-corrected chi connectivity index (χ2v) is 8.93. The van der Waals surface area contributed by atoms with Crippen LogP contribution in [0.2, 0.25) is 0 Å². The molecule has 1 aromatic carbocycles. The molecule has 1 aliphatic rings. The number of likely N-dealkylation sites (N-methyl/N-ethyl adjacent to an activating group) is 1. The van der Waals surface area contributed by atoms with Crippen LogP contribution in [-0.4, -0.2) is 61.8 Å². The topological polar surface area (TPSA) is 110 Å². The van der Waals surface area contributed by atoms with E-state index in [-0.39, 0.29) is 17.2 Å². The van der Waals surface area contributed by atoms with E-state index >= 15 is 0 Å². The molecule has 1 aromatic rings. The van der Waals surface area contributed by atoms with Crippen molar-refractivity contribution >= 4 is 33.7 Å². The Balaban J connectivity index is 2.08. The van der Waals surface area contributed by atoms with Crippen LogP contribution in [0.1, 0.15) is 25.8 Å². The Bertz CT molecular complexity index is 879. The van der Waals surface area contributed by atoms with Crippen molar-refractivity contribution in [3.63, 3.8) is 0 Å². The first-order valence-corrected chi connectivity index (χ1v) is 10.6. The van der Waals surface area contributed by atoms with Crippen LogP contribution in [-0.2, 0) is 29.0 Å². The predicted octanol–water partition coefficient (Wildman–Crippen LogP) is 0.741. The van der Waals surface area contributed by atoms with Gasteiger partial charge in [0, 0.05) is 20.0 Å². The van der Waals surface area contributed by atoms with Crippen LogP contribution in [0.5, 0.6) is 0 Å². The van der Waals surface area contributed by atoms with Gasteiger partial charge in [0.05, 0.1) is 11.5 Å². The van der Waals surface area contributed by atoms with E-state index < -0.39 is 39.8 Å². The van der Waals surface area contributed by atoms with Crippen molar-refractivity contribution in [3.05, 3.63) is 41.6 Å². The second-order valence-electron chi connectivity index (χ2n) is 6.70. The molecule has 8 nitrogen and oxygen atoms in total. The van der Waals surface area contributed by atoms with Crippen LogP contribution in [0, 0.1) is 0 Å². The molecular weight excluding hydrogens is 384 g/mol. The minimum absolute atomic E-state index is 0.0376. The molecule has 2 atom stereocenters. The molecule has 1 fully saturated rings. The number of benzene rings is 1. The molecule has 0 aromatic heterocycles. The Kier molecular flexibility index (Phi) is 6.95. The van der Waals surface area contributed by atoms with Gasteiger partial charge in [-0.2, -0.15) is 0 Å². The van der Waals surface area contributed by atoms with Gasteiger partial charge in [-0.15, -0.1) is 0 Å². The Morgan fingerprint density at radius 3 is 2.43 bits per heavy atom. The summed E-state index contributed by atoms with van der Waals surface area (Å²) in [5.74, 6) is -1.87. The number of carbonyl (C=O) groups excluding carboxylic acids is 3. The van der Waals surface area contributed by atoms with E-state index in [1.54, 1.807) is 24.3 Å². The summed E-state index contributed by atoms with van der Waals surface area (Å²) in [5, 5.41) is 2.41. The lowest BCUT2D eigenvalue weighted by Gasteiger charge is -2.26. The zero-order valence-electron chi connectivity index (χ0n) is 16.0. The van der Waals surface area contributed by atoms with Crippen molar-refractivity contribution in [1.82, 2.24) is 10.2 Å². The molecule has 1 heterocycles. The van der Waals surface area contributed by atoms with Gasteiger partial charge in [0.25, 0.3) is 5.91 Å². The minimum atomic E-state index is -3.14. The number of hydrogen-bond donors (Lipinski definition) is 1. The van der Waals surface area contributed by atoms with Crippen molar-refractivity contribution in [3.8, 4) is 0 Å². The molecule has 0 spiro atoms. The Morgan fingerprint density at radius 2 is 1.89 bits per heavy atom. The largest absolute Gasteiger partial charge is 0.448 e. The van der Waals surface area contributed by atoms with Crippen molar-refractivity contribution in [1.29, 1.82) is 0 Å². The summed E-state index contributed by atoms with van der Waals surface area (Å²) in [5.41, 5.74) is 0.583. The van der Waals surface area contributed by atoms with Gasteiger partial charge in [-0.25, -0.2) is 13.2 Å². The third-order valence-electron chi connectivity index (χ3n) is 4.38. The number of nitrogens with zero attached hydrogens (tertiary/aromatic N) is 1. The minimum Gasteiger partial charge on any atom is -0.448 e. The number of ether oxygens (including phenoxy) is 1. The first-order valence-electron chi connectivity index (χ1n) is 8.81. The summed E-state index contributed by atoms with van der Waals surface area (Å²) >= 11 is 0. The van der Waals surface area contributed by atoms with Crippen LogP contribution in [0.25, 0.3) is 6.08 Å². The summed E-state index contributed by atoms with van der Waals surface area (Å²) in [6.07, 6.45) is 0.679. The van der Waals surface area contributed by atoms with E-state index in [9.17, 15) is 22.8 Å². The molecule has 28 heavy (non-hydrogen) atoms. The van der Waals surface area contributed by atoms with Crippen molar-refractivity contribution < 1.29 is 27.5 Å². The fourth-order valence-corrected chi connectivity index (χ4v) is 4.65. The highest BCUT2D eigenvalue weighted by atomic mass is 32.2. The lowest BCUT2D eigenvalue weighted by molar-refractivity contribution is -0.156. The summed E-state index contributed by atoms with van der Waals surface area (Å²) < 4.78 is 28.4. The smallest absolute Gasteiger partial charge is 0.355 e. The van der Waals surface area contributed by atoms with Crippen LogP contribution >= 0.6 is 0 Å². The molecule has 1 saturated heterocycles. The maximum atomic E-state index is 12.5. The SMILES string of the molecule is CC(=O)N/C(=C\c1ccccc1)C(=O)O[C@H](C)C(=O)N(C)[C@@H]1CCS(=O)(=O)C1.